The molecular weight excluding hydrogens is 819 g/mol. The monoisotopic (exact) mass is 884 g/mol. The van der Waals surface area contributed by atoms with Crippen LogP contribution in [-0.2, 0) is 21.7 Å². The second kappa shape index (κ2) is 16.7. The van der Waals surface area contributed by atoms with Crippen molar-refractivity contribution in [2.45, 2.75) is 97.8 Å². The number of hydrogen-bond donors (Lipinski definition) is 0. The van der Waals surface area contributed by atoms with Gasteiger partial charge in [-0.25, -0.2) is 0 Å². The molecule has 68 heavy (non-hydrogen) atoms. The third-order valence-corrected chi connectivity index (χ3v) is 14.5. The minimum atomic E-state index is -0.0683. The zero-order valence-electron chi connectivity index (χ0n) is 41.9. The predicted octanol–water partition coefficient (Wildman–Crippen LogP) is 19.2. The molecule has 0 heterocycles. The summed E-state index contributed by atoms with van der Waals surface area (Å²) >= 11 is 0. The Kier molecular flexibility index (Phi) is 11.0. The van der Waals surface area contributed by atoms with Gasteiger partial charge in [-0.3, -0.25) is 0 Å². The second-order valence-electron chi connectivity index (χ2n) is 22.7. The lowest BCUT2D eigenvalue weighted by atomic mass is 9.78. The third-order valence-electron chi connectivity index (χ3n) is 14.5. The van der Waals surface area contributed by atoms with E-state index in [0.29, 0.717) is 0 Å². The average molecular weight is 884 g/mol. The summed E-state index contributed by atoms with van der Waals surface area (Å²) in [4.78, 5) is 2.51. The molecule has 1 nitrogen and oxygen atoms in total. The van der Waals surface area contributed by atoms with E-state index in [1.165, 1.54) is 94.2 Å². The number of fused-ring (bicyclic) bond motifs is 4. The lowest BCUT2D eigenvalue weighted by Gasteiger charge is -2.32. The molecule has 0 bridgehead atoms. The molecule has 0 fully saturated rings. The minimum absolute atomic E-state index is 0.00723. The summed E-state index contributed by atoms with van der Waals surface area (Å²) in [5, 5.41) is 2.49. The van der Waals surface area contributed by atoms with Gasteiger partial charge in [0.1, 0.15) is 0 Å². The highest BCUT2D eigenvalue weighted by atomic mass is 15.1. The summed E-state index contributed by atoms with van der Waals surface area (Å²) in [5.41, 5.74) is 22.5. The Balaban J connectivity index is 1.22. The fourth-order valence-electron chi connectivity index (χ4n) is 10.6. The molecule has 0 saturated carbocycles. The van der Waals surface area contributed by atoms with Crippen LogP contribution in [-0.4, -0.2) is 0 Å². The Hall–Kier alpha value is -6.96. The van der Waals surface area contributed by atoms with E-state index in [2.05, 4.69) is 275 Å². The maximum absolute atomic E-state index is 2.51. The normalized spacial score (nSPS) is 13.3. The Morgan fingerprint density at radius 3 is 1.51 bits per heavy atom. The van der Waals surface area contributed by atoms with Gasteiger partial charge < -0.3 is 4.90 Å². The number of hydrogen-bond acceptors (Lipinski definition) is 1. The van der Waals surface area contributed by atoms with Crippen molar-refractivity contribution in [1.82, 2.24) is 0 Å². The van der Waals surface area contributed by atoms with Crippen molar-refractivity contribution in [1.29, 1.82) is 0 Å². The zero-order chi connectivity index (χ0) is 47.8. The molecule has 0 amide bonds. The van der Waals surface area contributed by atoms with Crippen LogP contribution in [0.4, 0.5) is 17.1 Å². The molecule has 9 aromatic carbocycles. The molecule has 1 aliphatic carbocycles. The molecule has 10 rings (SSSR count). The number of nitrogens with zero attached hydrogens (tertiary/aromatic N) is 1. The van der Waals surface area contributed by atoms with E-state index in [1.807, 2.05) is 0 Å². The van der Waals surface area contributed by atoms with Crippen molar-refractivity contribution in [3.63, 3.8) is 0 Å². The van der Waals surface area contributed by atoms with Crippen LogP contribution in [0.25, 0.3) is 66.4 Å². The smallest absolute Gasteiger partial charge is 0.0540 e. The van der Waals surface area contributed by atoms with Crippen LogP contribution in [0, 0.1) is 0 Å². The maximum Gasteiger partial charge on any atom is 0.0540 e. The van der Waals surface area contributed by atoms with Crippen molar-refractivity contribution >= 4 is 27.8 Å². The molecular formula is C67H65N. The molecule has 0 atom stereocenters. The summed E-state index contributed by atoms with van der Waals surface area (Å²) in [6.07, 6.45) is 0. The number of rotatable bonds is 7. The first kappa shape index (κ1) is 44.9. The molecule has 1 aliphatic rings. The summed E-state index contributed by atoms with van der Waals surface area (Å²) in [7, 11) is 0. The molecule has 0 spiro atoms. The van der Waals surface area contributed by atoms with E-state index >= 15 is 0 Å². The van der Waals surface area contributed by atoms with Gasteiger partial charge >= 0.3 is 0 Å². The summed E-state index contributed by atoms with van der Waals surface area (Å²) in [6, 6.07) is 73.3. The Labute approximate surface area is 406 Å². The highest BCUT2D eigenvalue weighted by Crippen LogP contribution is 2.53. The van der Waals surface area contributed by atoms with Crippen LogP contribution in [0.3, 0.4) is 0 Å². The average Bonchev–Trinajstić information content (AvgIpc) is 3.57. The largest absolute Gasteiger partial charge is 0.309 e. The first-order valence-electron chi connectivity index (χ1n) is 24.5. The van der Waals surface area contributed by atoms with Gasteiger partial charge in [0.2, 0.25) is 0 Å². The van der Waals surface area contributed by atoms with Gasteiger partial charge in [-0.05, 0) is 130 Å². The van der Waals surface area contributed by atoms with Crippen molar-refractivity contribution in [3.8, 4) is 55.6 Å². The Morgan fingerprint density at radius 2 is 0.853 bits per heavy atom. The van der Waals surface area contributed by atoms with E-state index in [-0.39, 0.29) is 21.7 Å². The first-order valence-corrected chi connectivity index (χ1v) is 24.5. The van der Waals surface area contributed by atoms with Gasteiger partial charge in [-0.1, -0.05) is 240 Å². The molecule has 0 N–H and O–H groups in total. The molecule has 338 valence electrons. The van der Waals surface area contributed by atoms with Gasteiger partial charge in [0.15, 0.2) is 0 Å². The lowest BCUT2D eigenvalue weighted by Crippen LogP contribution is -2.16. The van der Waals surface area contributed by atoms with Gasteiger partial charge in [0.05, 0.1) is 11.4 Å². The van der Waals surface area contributed by atoms with Crippen molar-refractivity contribution in [3.05, 3.63) is 222 Å². The van der Waals surface area contributed by atoms with Crippen molar-refractivity contribution < 1.29 is 0 Å². The summed E-state index contributed by atoms with van der Waals surface area (Å²) in [5.74, 6) is 0. The Morgan fingerprint density at radius 1 is 0.338 bits per heavy atom. The van der Waals surface area contributed by atoms with E-state index in [4.69, 9.17) is 0 Å². The number of para-hydroxylation sites is 1. The maximum atomic E-state index is 2.51. The van der Waals surface area contributed by atoms with Crippen LogP contribution in [0.15, 0.2) is 194 Å². The summed E-state index contributed by atoms with van der Waals surface area (Å²) < 4.78 is 0. The van der Waals surface area contributed by atoms with Gasteiger partial charge in [0.25, 0.3) is 0 Å². The molecule has 0 aromatic heterocycles. The second-order valence-corrected chi connectivity index (χ2v) is 22.7. The van der Waals surface area contributed by atoms with Crippen LogP contribution < -0.4 is 4.90 Å². The van der Waals surface area contributed by atoms with Crippen LogP contribution >= 0.6 is 0 Å². The predicted molar refractivity (Wildman–Crippen MR) is 294 cm³/mol. The standard InChI is InChI=1S/C67H65N/c1-64(2,3)48-36-39-61(57(43-48)44-22-13-12-14-23-44)68(51-37-34-45(35-38-51)52-29-21-32-59-63(52)56-27-15-17-31-58(56)67(59,10)11)60-33-18-16-26-54(60)55-30-20-25-46-24-19-28-53(62(46)55)47-40-49(65(4,5)6)42-50(41-47)66(7,8)9/h12-43H,1-11H3. The van der Waals surface area contributed by atoms with Gasteiger partial charge in [-0.15, -0.1) is 0 Å². The minimum Gasteiger partial charge on any atom is -0.309 e. The molecule has 0 aliphatic heterocycles. The molecule has 9 aromatic rings. The first-order chi connectivity index (χ1) is 32.4. The van der Waals surface area contributed by atoms with Crippen molar-refractivity contribution in [2.24, 2.45) is 0 Å². The zero-order valence-corrected chi connectivity index (χ0v) is 41.9. The highest BCUT2D eigenvalue weighted by molar-refractivity contribution is 6.09. The van der Waals surface area contributed by atoms with Gasteiger partial charge in [0, 0.05) is 22.2 Å². The van der Waals surface area contributed by atoms with E-state index in [0.717, 1.165) is 17.1 Å². The fourth-order valence-corrected chi connectivity index (χ4v) is 10.6. The quantitative estimate of drug-likeness (QED) is 0.154. The number of benzene rings is 9. The van der Waals surface area contributed by atoms with E-state index in [1.54, 1.807) is 0 Å². The lowest BCUT2D eigenvalue weighted by molar-refractivity contribution is 0.569. The van der Waals surface area contributed by atoms with Gasteiger partial charge in [-0.2, -0.15) is 0 Å². The fraction of sp³-hybridized carbons (Fsp3) is 0.224. The van der Waals surface area contributed by atoms with E-state index < -0.39 is 0 Å². The third kappa shape index (κ3) is 7.96. The topological polar surface area (TPSA) is 3.24 Å². The molecule has 0 radical (unpaired) electrons. The van der Waals surface area contributed by atoms with Crippen LogP contribution in [0.2, 0.25) is 0 Å². The highest BCUT2D eigenvalue weighted by Gasteiger charge is 2.36. The summed E-state index contributed by atoms with van der Waals surface area (Å²) in [6.45, 7) is 25.6. The molecule has 1 heteroatoms. The van der Waals surface area contributed by atoms with E-state index in [9.17, 15) is 0 Å². The van der Waals surface area contributed by atoms with Crippen LogP contribution in [0.1, 0.15) is 104 Å². The van der Waals surface area contributed by atoms with Crippen LogP contribution in [0.5, 0.6) is 0 Å². The molecule has 0 saturated heterocycles. The van der Waals surface area contributed by atoms with Crippen molar-refractivity contribution in [2.75, 3.05) is 4.90 Å². The molecule has 0 unspecified atom stereocenters. The number of anilines is 3. The SMILES string of the molecule is CC(C)(C)c1cc(-c2cccc3cccc(-c4ccccc4N(c4ccc(-c5cccc6c5-c5ccccc5C6(C)C)cc4)c4ccc(C(C)(C)C)cc4-c4ccccc4)c23)cc(C(C)(C)C)c1. The Bertz CT molecular complexity index is 3310.